The number of nitrogens with zero attached hydrogens (tertiary/aromatic N) is 3. The molecule has 0 N–H and O–H groups in total. The summed E-state index contributed by atoms with van der Waals surface area (Å²) in [6, 6.07) is 15.2. The van der Waals surface area contributed by atoms with E-state index in [0.29, 0.717) is 51.3 Å². The molecule has 0 saturated carbocycles. The van der Waals surface area contributed by atoms with Crippen molar-refractivity contribution in [2.75, 3.05) is 39.3 Å². The lowest BCUT2D eigenvalue weighted by Crippen LogP contribution is -2.54. The SMILES string of the molecule is O=C(Cc1ccccc1)N1CCCC(C(=O)N2CCN(C(=O)c3ccc(F)cc3)CC2)C1. The fourth-order valence-electron chi connectivity index (χ4n) is 4.45. The Balaban J connectivity index is 1.29. The standard InChI is InChI=1S/C25H28FN3O3/c26-22-10-8-20(9-11-22)24(31)27-13-15-28(16-14-27)25(32)21-7-4-12-29(18-21)23(30)17-19-5-2-1-3-6-19/h1-3,5-6,8-11,21H,4,7,12-18H2. The topological polar surface area (TPSA) is 60.9 Å². The quantitative estimate of drug-likeness (QED) is 0.739. The number of piperidine rings is 1. The molecule has 0 radical (unpaired) electrons. The van der Waals surface area contributed by atoms with Gasteiger partial charge in [0.05, 0.1) is 12.3 Å². The average Bonchev–Trinajstić information content (AvgIpc) is 2.84. The molecule has 6 nitrogen and oxygen atoms in total. The smallest absolute Gasteiger partial charge is 0.253 e. The number of hydrogen-bond donors (Lipinski definition) is 0. The molecule has 4 rings (SSSR count). The third-order valence-electron chi connectivity index (χ3n) is 6.29. The predicted octanol–water partition coefficient (Wildman–Crippen LogP) is 2.59. The normalized spacial score (nSPS) is 19.0. The summed E-state index contributed by atoms with van der Waals surface area (Å²) in [7, 11) is 0. The van der Waals surface area contributed by atoms with E-state index in [4.69, 9.17) is 0 Å². The molecule has 2 aromatic rings. The summed E-state index contributed by atoms with van der Waals surface area (Å²) in [6.07, 6.45) is 1.95. The van der Waals surface area contributed by atoms with Crippen molar-refractivity contribution in [2.45, 2.75) is 19.3 Å². The zero-order chi connectivity index (χ0) is 22.5. The van der Waals surface area contributed by atoms with Crippen LogP contribution >= 0.6 is 0 Å². The third kappa shape index (κ3) is 5.15. The number of hydrogen-bond acceptors (Lipinski definition) is 3. The van der Waals surface area contributed by atoms with Gasteiger partial charge in [0.15, 0.2) is 0 Å². The highest BCUT2D eigenvalue weighted by Gasteiger charge is 2.33. The Morgan fingerprint density at radius 3 is 2.16 bits per heavy atom. The first-order chi connectivity index (χ1) is 15.5. The molecule has 0 aliphatic carbocycles. The molecule has 0 bridgehead atoms. The molecule has 1 unspecified atom stereocenters. The van der Waals surface area contributed by atoms with Gasteiger partial charge in [-0.05, 0) is 42.7 Å². The number of likely N-dealkylation sites (tertiary alicyclic amines) is 1. The Morgan fingerprint density at radius 2 is 1.47 bits per heavy atom. The number of carbonyl (C=O) groups excluding carboxylic acids is 3. The van der Waals surface area contributed by atoms with E-state index in [-0.39, 0.29) is 29.5 Å². The van der Waals surface area contributed by atoms with E-state index in [2.05, 4.69) is 0 Å². The van der Waals surface area contributed by atoms with Crippen LogP contribution in [0.15, 0.2) is 54.6 Å². The van der Waals surface area contributed by atoms with Crippen molar-refractivity contribution in [1.29, 1.82) is 0 Å². The third-order valence-corrected chi connectivity index (χ3v) is 6.29. The fourth-order valence-corrected chi connectivity index (χ4v) is 4.45. The molecule has 32 heavy (non-hydrogen) atoms. The summed E-state index contributed by atoms with van der Waals surface area (Å²) in [5.74, 6) is -0.587. The van der Waals surface area contributed by atoms with Crippen LogP contribution in [0.3, 0.4) is 0 Å². The highest BCUT2D eigenvalue weighted by atomic mass is 19.1. The van der Waals surface area contributed by atoms with E-state index >= 15 is 0 Å². The Hall–Kier alpha value is -3.22. The first-order valence-corrected chi connectivity index (χ1v) is 11.2. The summed E-state index contributed by atoms with van der Waals surface area (Å²) in [6.45, 7) is 2.99. The monoisotopic (exact) mass is 437 g/mol. The summed E-state index contributed by atoms with van der Waals surface area (Å²) in [4.78, 5) is 43.8. The summed E-state index contributed by atoms with van der Waals surface area (Å²) in [5, 5.41) is 0. The number of halogens is 1. The van der Waals surface area contributed by atoms with Gasteiger partial charge in [0.25, 0.3) is 5.91 Å². The Labute approximate surface area is 187 Å². The van der Waals surface area contributed by atoms with Crippen LogP contribution in [0.1, 0.15) is 28.8 Å². The number of amides is 3. The molecule has 168 valence electrons. The largest absolute Gasteiger partial charge is 0.342 e. The molecular formula is C25H28FN3O3. The maximum atomic E-state index is 13.1. The van der Waals surface area contributed by atoms with E-state index in [1.54, 1.807) is 4.90 Å². The molecule has 2 saturated heterocycles. The maximum absolute atomic E-state index is 13.1. The molecule has 2 fully saturated rings. The lowest BCUT2D eigenvalue weighted by atomic mass is 9.95. The van der Waals surface area contributed by atoms with Crippen LogP contribution in [0.4, 0.5) is 4.39 Å². The fraction of sp³-hybridized carbons (Fsp3) is 0.400. The molecule has 2 heterocycles. The van der Waals surface area contributed by atoms with Crippen molar-refractivity contribution < 1.29 is 18.8 Å². The van der Waals surface area contributed by atoms with E-state index in [0.717, 1.165) is 18.4 Å². The number of carbonyl (C=O) groups is 3. The molecule has 0 aromatic heterocycles. The minimum absolute atomic E-state index is 0.0587. The molecule has 0 spiro atoms. The van der Waals surface area contributed by atoms with Crippen LogP contribution in [-0.4, -0.2) is 71.7 Å². The van der Waals surface area contributed by atoms with Gasteiger partial charge in [-0.2, -0.15) is 0 Å². The van der Waals surface area contributed by atoms with Crippen LogP contribution < -0.4 is 0 Å². The van der Waals surface area contributed by atoms with Gasteiger partial charge in [0, 0.05) is 44.8 Å². The van der Waals surface area contributed by atoms with E-state index in [1.165, 1.54) is 24.3 Å². The van der Waals surface area contributed by atoms with Gasteiger partial charge in [-0.3, -0.25) is 14.4 Å². The number of rotatable bonds is 4. The van der Waals surface area contributed by atoms with Gasteiger partial charge >= 0.3 is 0 Å². The molecule has 1 atom stereocenters. The second-order valence-electron chi connectivity index (χ2n) is 8.47. The van der Waals surface area contributed by atoms with Crippen molar-refractivity contribution in [1.82, 2.24) is 14.7 Å². The van der Waals surface area contributed by atoms with Crippen LogP contribution in [0.2, 0.25) is 0 Å². The summed E-state index contributed by atoms with van der Waals surface area (Å²) < 4.78 is 13.1. The van der Waals surface area contributed by atoms with Gasteiger partial charge in [0.2, 0.25) is 11.8 Å². The lowest BCUT2D eigenvalue weighted by Gasteiger charge is -2.39. The van der Waals surface area contributed by atoms with Crippen molar-refractivity contribution in [2.24, 2.45) is 5.92 Å². The summed E-state index contributed by atoms with van der Waals surface area (Å²) in [5.41, 5.74) is 1.43. The van der Waals surface area contributed by atoms with Crippen LogP contribution in [0.5, 0.6) is 0 Å². The van der Waals surface area contributed by atoms with E-state index < -0.39 is 0 Å². The van der Waals surface area contributed by atoms with Crippen molar-refractivity contribution in [3.8, 4) is 0 Å². The minimum Gasteiger partial charge on any atom is -0.342 e. The van der Waals surface area contributed by atoms with Gasteiger partial charge < -0.3 is 14.7 Å². The Bertz CT molecular complexity index is 956. The average molecular weight is 438 g/mol. The second kappa shape index (κ2) is 9.94. The van der Waals surface area contributed by atoms with Crippen LogP contribution in [0, 0.1) is 11.7 Å². The Morgan fingerprint density at radius 1 is 0.812 bits per heavy atom. The first kappa shape index (κ1) is 22.0. The zero-order valence-corrected chi connectivity index (χ0v) is 18.1. The van der Waals surface area contributed by atoms with Crippen molar-refractivity contribution in [3.63, 3.8) is 0 Å². The zero-order valence-electron chi connectivity index (χ0n) is 18.1. The van der Waals surface area contributed by atoms with Crippen LogP contribution in [0.25, 0.3) is 0 Å². The first-order valence-electron chi connectivity index (χ1n) is 11.2. The molecule has 2 aliphatic rings. The molecule has 3 amide bonds. The van der Waals surface area contributed by atoms with Crippen molar-refractivity contribution >= 4 is 17.7 Å². The molecule has 7 heteroatoms. The Kier molecular flexibility index (Phi) is 6.83. The summed E-state index contributed by atoms with van der Waals surface area (Å²) >= 11 is 0. The molecule has 2 aliphatic heterocycles. The maximum Gasteiger partial charge on any atom is 0.253 e. The second-order valence-corrected chi connectivity index (χ2v) is 8.47. The van der Waals surface area contributed by atoms with E-state index in [9.17, 15) is 18.8 Å². The van der Waals surface area contributed by atoms with Gasteiger partial charge in [-0.15, -0.1) is 0 Å². The number of piperazine rings is 1. The molecule has 2 aromatic carbocycles. The highest BCUT2D eigenvalue weighted by molar-refractivity contribution is 5.94. The highest BCUT2D eigenvalue weighted by Crippen LogP contribution is 2.21. The van der Waals surface area contributed by atoms with E-state index in [1.807, 2.05) is 40.1 Å². The predicted molar refractivity (Wildman–Crippen MR) is 118 cm³/mol. The van der Waals surface area contributed by atoms with Gasteiger partial charge in [0.1, 0.15) is 5.82 Å². The van der Waals surface area contributed by atoms with Crippen LogP contribution in [-0.2, 0) is 16.0 Å². The van der Waals surface area contributed by atoms with Gasteiger partial charge in [-0.25, -0.2) is 4.39 Å². The van der Waals surface area contributed by atoms with Gasteiger partial charge in [-0.1, -0.05) is 30.3 Å². The minimum atomic E-state index is -0.374. The van der Waals surface area contributed by atoms with Crippen molar-refractivity contribution in [3.05, 3.63) is 71.5 Å². The lowest BCUT2D eigenvalue weighted by molar-refractivity contribution is -0.141. The molecular weight excluding hydrogens is 409 g/mol. The number of benzene rings is 2.